The van der Waals surface area contributed by atoms with Crippen molar-refractivity contribution in [2.75, 3.05) is 23.8 Å². The molecule has 0 saturated carbocycles. The molecule has 18 heavy (non-hydrogen) atoms. The summed E-state index contributed by atoms with van der Waals surface area (Å²) in [6.45, 7) is 5.55. The number of benzene rings is 1. The van der Waals surface area contributed by atoms with E-state index in [9.17, 15) is 4.79 Å². The van der Waals surface area contributed by atoms with Crippen molar-refractivity contribution in [3.05, 3.63) is 23.8 Å². The zero-order valence-electron chi connectivity index (χ0n) is 10.6. The lowest BCUT2D eigenvalue weighted by molar-refractivity contribution is 0.0344. The minimum atomic E-state index is -0.998. The highest BCUT2D eigenvalue weighted by molar-refractivity contribution is 5.94. The Morgan fingerprint density at radius 2 is 2.22 bits per heavy atom. The van der Waals surface area contributed by atoms with Crippen molar-refractivity contribution in [1.29, 1.82) is 0 Å². The molecule has 5 heteroatoms. The average Bonchev–Trinajstić information content (AvgIpc) is 2.31. The summed E-state index contributed by atoms with van der Waals surface area (Å²) in [5, 5.41) is 8.95. The SMILES string of the molecule is CC1CN(c2ccc(C(=O)O)c(N)c2)C(C)CO1. The molecule has 1 aromatic carbocycles. The first-order chi connectivity index (χ1) is 8.49. The predicted molar refractivity (Wildman–Crippen MR) is 70.0 cm³/mol. The van der Waals surface area contributed by atoms with Gasteiger partial charge < -0.3 is 20.5 Å². The van der Waals surface area contributed by atoms with Gasteiger partial charge in [-0.1, -0.05) is 0 Å². The van der Waals surface area contributed by atoms with Crippen LogP contribution in [0.25, 0.3) is 0 Å². The van der Waals surface area contributed by atoms with E-state index in [1.807, 2.05) is 6.92 Å². The zero-order chi connectivity index (χ0) is 13.3. The lowest BCUT2D eigenvalue weighted by Crippen LogP contribution is -2.47. The molecule has 1 heterocycles. The Bertz CT molecular complexity index is 462. The van der Waals surface area contributed by atoms with Crippen molar-refractivity contribution in [2.24, 2.45) is 0 Å². The van der Waals surface area contributed by atoms with E-state index in [1.54, 1.807) is 18.2 Å². The summed E-state index contributed by atoms with van der Waals surface area (Å²) in [4.78, 5) is 13.1. The van der Waals surface area contributed by atoms with Crippen LogP contribution in [0.2, 0.25) is 0 Å². The van der Waals surface area contributed by atoms with Gasteiger partial charge in [0.15, 0.2) is 0 Å². The number of aromatic carboxylic acids is 1. The first kappa shape index (κ1) is 12.7. The Hall–Kier alpha value is -1.75. The highest BCUT2D eigenvalue weighted by atomic mass is 16.5. The number of carboxylic acid groups (broad SMARTS) is 1. The molecule has 1 saturated heterocycles. The average molecular weight is 250 g/mol. The number of anilines is 2. The van der Waals surface area contributed by atoms with Crippen molar-refractivity contribution in [1.82, 2.24) is 0 Å². The molecule has 1 aromatic rings. The predicted octanol–water partition coefficient (Wildman–Crippen LogP) is 1.58. The molecule has 1 aliphatic heterocycles. The van der Waals surface area contributed by atoms with Crippen LogP contribution in [0.3, 0.4) is 0 Å². The second-order valence-electron chi connectivity index (χ2n) is 4.72. The minimum Gasteiger partial charge on any atom is -0.478 e. The summed E-state index contributed by atoms with van der Waals surface area (Å²) < 4.78 is 5.57. The first-order valence-corrected chi connectivity index (χ1v) is 6.00. The van der Waals surface area contributed by atoms with Crippen LogP contribution in [0.1, 0.15) is 24.2 Å². The molecular weight excluding hydrogens is 232 g/mol. The fourth-order valence-corrected chi connectivity index (χ4v) is 2.19. The van der Waals surface area contributed by atoms with Crippen LogP contribution in [0.15, 0.2) is 18.2 Å². The third-order valence-electron chi connectivity index (χ3n) is 3.21. The maximum absolute atomic E-state index is 10.9. The van der Waals surface area contributed by atoms with Crippen molar-refractivity contribution >= 4 is 17.3 Å². The normalized spacial score (nSPS) is 24.0. The second kappa shape index (κ2) is 4.86. The Morgan fingerprint density at radius 1 is 1.50 bits per heavy atom. The van der Waals surface area contributed by atoms with Crippen LogP contribution >= 0.6 is 0 Å². The highest BCUT2D eigenvalue weighted by Crippen LogP contribution is 2.25. The number of nitrogen functional groups attached to an aromatic ring is 1. The number of nitrogens with two attached hydrogens (primary N) is 1. The van der Waals surface area contributed by atoms with Gasteiger partial charge >= 0.3 is 5.97 Å². The van der Waals surface area contributed by atoms with Gasteiger partial charge in [-0.3, -0.25) is 0 Å². The molecule has 0 spiro atoms. The van der Waals surface area contributed by atoms with Crippen LogP contribution in [0.4, 0.5) is 11.4 Å². The van der Waals surface area contributed by atoms with E-state index in [4.69, 9.17) is 15.6 Å². The zero-order valence-corrected chi connectivity index (χ0v) is 10.6. The van der Waals surface area contributed by atoms with Crippen LogP contribution in [0.5, 0.6) is 0 Å². The van der Waals surface area contributed by atoms with Gasteiger partial charge in [0.25, 0.3) is 0 Å². The molecule has 5 nitrogen and oxygen atoms in total. The van der Waals surface area contributed by atoms with Crippen LogP contribution in [0, 0.1) is 0 Å². The number of rotatable bonds is 2. The van der Waals surface area contributed by atoms with Gasteiger partial charge in [0.1, 0.15) is 0 Å². The summed E-state index contributed by atoms with van der Waals surface area (Å²) in [7, 11) is 0. The summed E-state index contributed by atoms with van der Waals surface area (Å²) in [5.41, 5.74) is 7.16. The number of hydrogen-bond acceptors (Lipinski definition) is 4. The molecule has 0 radical (unpaired) electrons. The third kappa shape index (κ3) is 2.41. The quantitative estimate of drug-likeness (QED) is 0.779. The summed E-state index contributed by atoms with van der Waals surface area (Å²) in [5.74, 6) is -0.998. The van der Waals surface area contributed by atoms with Gasteiger partial charge in [-0.15, -0.1) is 0 Å². The molecule has 2 atom stereocenters. The summed E-state index contributed by atoms with van der Waals surface area (Å²) >= 11 is 0. The van der Waals surface area contributed by atoms with Gasteiger partial charge in [0.2, 0.25) is 0 Å². The molecule has 2 unspecified atom stereocenters. The Morgan fingerprint density at radius 3 is 2.83 bits per heavy atom. The topological polar surface area (TPSA) is 75.8 Å². The number of carbonyl (C=O) groups is 1. The van der Waals surface area contributed by atoms with Crippen LogP contribution < -0.4 is 10.6 Å². The summed E-state index contributed by atoms with van der Waals surface area (Å²) in [6, 6.07) is 5.34. The van der Waals surface area contributed by atoms with E-state index < -0.39 is 5.97 Å². The summed E-state index contributed by atoms with van der Waals surface area (Å²) in [6.07, 6.45) is 0.168. The molecule has 98 valence electrons. The second-order valence-corrected chi connectivity index (χ2v) is 4.72. The molecule has 1 aliphatic rings. The van der Waals surface area contributed by atoms with E-state index in [0.717, 1.165) is 12.2 Å². The van der Waals surface area contributed by atoms with E-state index in [-0.39, 0.29) is 17.7 Å². The Kier molecular flexibility index (Phi) is 3.43. The van der Waals surface area contributed by atoms with Crippen molar-refractivity contribution < 1.29 is 14.6 Å². The largest absolute Gasteiger partial charge is 0.478 e. The van der Waals surface area contributed by atoms with E-state index in [0.29, 0.717) is 12.3 Å². The molecule has 0 bridgehead atoms. The molecule has 0 aliphatic carbocycles. The maximum Gasteiger partial charge on any atom is 0.337 e. The molecular formula is C13H18N2O3. The number of carboxylic acids is 1. The molecule has 3 N–H and O–H groups in total. The molecule has 0 amide bonds. The van der Waals surface area contributed by atoms with Gasteiger partial charge in [-0.25, -0.2) is 4.79 Å². The maximum atomic E-state index is 10.9. The molecule has 0 aromatic heterocycles. The fourth-order valence-electron chi connectivity index (χ4n) is 2.19. The van der Waals surface area contributed by atoms with E-state index in [2.05, 4.69) is 11.8 Å². The first-order valence-electron chi connectivity index (χ1n) is 6.00. The molecule has 1 fully saturated rings. The molecule has 2 rings (SSSR count). The number of hydrogen-bond donors (Lipinski definition) is 2. The van der Waals surface area contributed by atoms with Gasteiger partial charge in [-0.05, 0) is 32.0 Å². The number of nitrogens with zero attached hydrogens (tertiary/aromatic N) is 1. The van der Waals surface area contributed by atoms with E-state index in [1.165, 1.54) is 0 Å². The smallest absolute Gasteiger partial charge is 0.337 e. The highest BCUT2D eigenvalue weighted by Gasteiger charge is 2.24. The third-order valence-corrected chi connectivity index (χ3v) is 3.21. The van der Waals surface area contributed by atoms with Crippen molar-refractivity contribution in [3.8, 4) is 0 Å². The Labute approximate surface area is 106 Å². The number of morpholine rings is 1. The fraction of sp³-hybridized carbons (Fsp3) is 0.462. The van der Waals surface area contributed by atoms with Gasteiger partial charge in [-0.2, -0.15) is 0 Å². The van der Waals surface area contributed by atoms with Crippen molar-refractivity contribution in [3.63, 3.8) is 0 Å². The van der Waals surface area contributed by atoms with Gasteiger partial charge in [0, 0.05) is 24.0 Å². The monoisotopic (exact) mass is 250 g/mol. The standard InChI is InChI=1S/C13H18N2O3/c1-8-7-18-9(2)6-15(8)10-3-4-11(13(16)17)12(14)5-10/h3-5,8-9H,6-7,14H2,1-2H3,(H,16,17). The lowest BCUT2D eigenvalue weighted by Gasteiger charge is -2.38. The van der Waals surface area contributed by atoms with Crippen molar-refractivity contribution in [2.45, 2.75) is 26.0 Å². The lowest BCUT2D eigenvalue weighted by atomic mass is 10.1. The minimum absolute atomic E-state index is 0.146. The van der Waals surface area contributed by atoms with Crippen LogP contribution in [-0.4, -0.2) is 36.4 Å². The Balaban J connectivity index is 2.28. The van der Waals surface area contributed by atoms with Crippen LogP contribution in [-0.2, 0) is 4.74 Å². The van der Waals surface area contributed by atoms with E-state index >= 15 is 0 Å². The number of ether oxygens (including phenoxy) is 1. The van der Waals surface area contributed by atoms with Gasteiger partial charge in [0.05, 0.1) is 18.3 Å².